The molecule has 1 amide bonds. The summed E-state index contributed by atoms with van der Waals surface area (Å²) in [6.07, 6.45) is 4.03. The number of likely N-dealkylation sites (N-methyl/N-ethyl adjacent to an activating group) is 1. The van der Waals surface area contributed by atoms with E-state index < -0.39 is 10.0 Å². The minimum Gasteiger partial charge on any atom is -0.353 e. The van der Waals surface area contributed by atoms with Crippen LogP contribution in [0.3, 0.4) is 0 Å². The second-order valence-corrected chi connectivity index (χ2v) is 11.2. The van der Waals surface area contributed by atoms with Crippen LogP contribution in [0.1, 0.15) is 44.5 Å². The van der Waals surface area contributed by atoms with Crippen LogP contribution in [0.15, 0.2) is 34.5 Å². The molecule has 0 aliphatic carbocycles. The lowest BCUT2D eigenvalue weighted by atomic mass is 10.2. The van der Waals surface area contributed by atoms with E-state index in [0.717, 1.165) is 41.9 Å². The maximum atomic E-state index is 12.9. The first-order valence-corrected chi connectivity index (χ1v) is 13.1. The smallest absolute Gasteiger partial charge is 0.243 e. The third kappa shape index (κ3) is 6.58. The molecule has 0 unspecified atom stereocenters. The number of carbonyl (C=O) groups excluding carboxylic acids is 1. The average Bonchev–Trinajstić information content (AvgIpc) is 2.98. The highest BCUT2D eigenvalue weighted by molar-refractivity contribution is 7.89. The largest absolute Gasteiger partial charge is 0.353 e. The molecule has 1 aromatic heterocycles. The van der Waals surface area contributed by atoms with Crippen LogP contribution >= 0.6 is 11.3 Å². The van der Waals surface area contributed by atoms with Gasteiger partial charge in [-0.3, -0.25) is 9.69 Å². The zero-order valence-electron chi connectivity index (χ0n) is 18.5. The fourth-order valence-electron chi connectivity index (χ4n) is 3.64. The molecule has 1 aliphatic rings. The minimum absolute atomic E-state index is 0.00418. The van der Waals surface area contributed by atoms with Crippen molar-refractivity contribution in [3.63, 3.8) is 0 Å². The second kappa shape index (κ2) is 10.7. The van der Waals surface area contributed by atoms with E-state index in [1.54, 1.807) is 16.4 Å². The summed E-state index contributed by atoms with van der Waals surface area (Å²) in [6.45, 7) is 5.98. The van der Waals surface area contributed by atoms with Crippen molar-refractivity contribution in [3.8, 4) is 11.3 Å². The highest BCUT2D eigenvalue weighted by atomic mass is 32.2. The van der Waals surface area contributed by atoms with E-state index in [4.69, 9.17) is 0 Å². The van der Waals surface area contributed by atoms with E-state index in [9.17, 15) is 13.2 Å². The standard InChI is InChI=1S/C22H32N4O3S2/c1-17(2)23-21(27)14-25(3)15-22-24-20(16-30-22)18-8-10-19(11-9-18)31(28,29)26-12-6-4-5-7-13-26/h8-11,16-17H,4-7,12-15H2,1-3H3,(H,23,27). The average molecular weight is 465 g/mol. The fourth-order valence-corrected chi connectivity index (χ4v) is 6.04. The van der Waals surface area contributed by atoms with E-state index in [-0.39, 0.29) is 11.9 Å². The molecule has 0 spiro atoms. The molecule has 31 heavy (non-hydrogen) atoms. The Bertz CT molecular complexity index is 963. The lowest BCUT2D eigenvalue weighted by molar-refractivity contribution is -0.122. The Hall–Kier alpha value is -1.81. The molecule has 0 bridgehead atoms. The summed E-state index contributed by atoms with van der Waals surface area (Å²) in [5, 5.41) is 5.77. The number of amides is 1. The Balaban J connectivity index is 1.64. The van der Waals surface area contributed by atoms with Gasteiger partial charge in [0.25, 0.3) is 0 Å². The molecule has 1 fully saturated rings. The summed E-state index contributed by atoms with van der Waals surface area (Å²) in [5.74, 6) is -0.00418. The van der Waals surface area contributed by atoms with Crippen LogP contribution in [-0.2, 0) is 21.4 Å². The summed E-state index contributed by atoms with van der Waals surface area (Å²) in [5.41, 5.74) is 1.70. The normalized spacial score (nSPS) is 15.9. The van der Waals surface area contributed by atoms with Gasteiger partial charge >= 0.3 is 0 Å². The molecule has 1 aliphatic heterocycles. The molecule has 1 N–H and O–H groups in total. The van der Waals surface area contributed by atoms with Crippen molar-refractivity contribution in [1.29, 1.82) is 0 Å². The van der Waals surface area contributed by atoms with Crippen LogP contribution in [0.25, 0.3) is 11.3 Å². The monoisotopic (exact) mass is 464 g/mol. The summed E-state index contributed by atoms with van der Waals surface area (Å²) in [6, 6.07) is 7.12. The van der Waals surface area contributed by atoms with Crippen molar-refractivity contribution < 1.29 is 13.2 Å². The van der Waals surface area contributed by atoms with E-state index in [0.29, 0.717) is 31.1 Å². The van der Waals surface area contributed by atoms with Crippen LogP contribution in [0.5, 0.6) is 0 Å². The van der Waals surface area contributed by atoms with E-state index >= 15 is 0 Å². The van der Waals surface area contributed by atoms with E-state index in [1.165, 1.54) is 11.3 Å². The van der Waals surface area contributed by atoms with Crippen molar-refractivity contribution in [3.05, 3.63) is 34.7 Å². The molecule has 7 nitrogen and oxygen atoms in total. The molecular formula is C22H32N4O3S2. The predicted molar refractivity (Wildman–Crippen MR) is 124 cm³/mol. The molecule has 1 aromatic carbocycles. The van der Waals surface area contributed by atoms with Gasteiger partial charge in [0.2, 0.25) is 15.9 Å². The number of hydrogen-bond acceptors (Lipinski definition) is 6. The molecule has 0 saturated carbocycles. The first-order chi connectivity index (χ1) is 14.8. The van der Waals surface area contributed by atoms with Crippen molar-refractivity contribution in [1.82, 2.24) is 19.5 Å². The lowest BCUT2D eigenvalue weighted by Gasteiger charge is -2.20. The number of benzene rings is 1. The Labute approximate surface area is 189 Å². The summed E-state index contributed by atoms with van der Waals surface area (Å²) >= 11 is 1.54. The maximum Gasteiger partial charge on any atom is 0.243 e. The molecular weight excluding hydrogens is 432 g/mol. The zero-order valence-corrected chi connectivity index (χ0v) is 20.1. The first kappa shape index (κ1) is 23.8. The lowest BCUT2D eigenvalue weighted by Crippen LogP contribution is -2.38. The van der Waals surface area contributed by atoms with Crippen LogP contribution < -0.4 is 5.32 Å². The van der Waals surface area contributed by atoms with Crippen LogP contribution in [0.2, 0.25) is 0 Å². The van der Waals surface area contributed by atoms with Gasteiger partial charge in [-0.2, -0.15) is 4.31 Å². The van der Waals surface area contributed by atoms with Gasteiger partial charge in [-0.25, -0.2) is 13.4 Å². The number of nitrogens with one attached hydrogen (secondary N) is 1. The van der Waals surface area contributed by atoms with E-state index in [2.05, 4.69) is 10.3 Å². The number of thiazole rings is 1. The van der Waals surface area contributed by atoms with Crippen molar-refractivity contribution >= 4 is 27.3 Å². The molecule has 9 heteroatoms. The first-order valence-electron chi connectivity index (χ1n) is 10.8. The molecule has 170 valence electrons. The van der Waals surface area contributed by atoms with Crippen molar-refractivity contribution in [2.45, 2.75) is 57.0 Å². The van der Waals surface area contributed by atoms with E-state index in [1.807, 2.05) is 43.3 Å². The number of sulfonamides is 1. The van der Waals surface area contributed by atoms with Gasteiger partial charge in [0.15, 0.2) is 0 Å². The topological polar surface area (TPSA) is 82.6 Å². The van der Waals surface area contributed by atoms with Gasteiger partial charge in [0.05, 0.1) is 23.7 Å². The fraction of sp³-hybridized carbons (Fsp3) is 0.545. The molecule has 0 atom stereocenters. The minimum atomic E-state index is -3.44. The summed E-state index contributed by atoms with van der Waals surface area (Å²) < 4.78 is 27.5. The van der Waals surface area contributed by atoms with Gasteiger partial charge < -0.3 is 5.32 Å². The Morgan fingerprint density at radius 3 is 2.42 bits per heavy atom. The molecule has 0 radical (unpaired) electrons. The van der Waals surface area contributed by atoms with Crippen LogP contribution in [-0.4, -0.2) is 61.2 Å². The van der Waals surface area contributed by atoms with Gasteiger partial charge in [-0.15, -0.1) is 11.3 Å². The number of aromatic nitrogens is 1. The Morgan fingerprint density at radius 1 is 1.16 bits per heavy atom. The third-order valence-corrected chi connectivity index (χ3v) is 7.92. The molecule has 1 saturated heterocycles. The van der Waals surface area contributed by atoms with Crippen LogP contribution in [0, 0.1) is 0 Å². The second-order valence-electron chi connectivity index (χ2n) is 8.36. The van der Waals surface area contributed by atoms with Gasteiger partial charge in [0.1, 0.15) is 5.01 Å². The Kier molecular flexibility index (Phi) is 8.21. The quantitative estimate of drug-likeness (QED) is 0.648. The highest BCUT2D eigenvalue weighted by Gasteiger charge is 2.25. The van der Waals surface area contributed by atoms with Crippen LogP contribution in [0.4, 0.5) is 0 Å². The number of hydrogen-bond donors (Lipinski definition) is 1. The zero-order chi connectivity index (χ0) is 22.4. The summed E-state index contributed by atoms with van der Waals surface area (Å²) in [4.78, 5) is 18.8. The SMILES string of the molecule is CC(C)NC(=O)CN(C)Cc1nc(-c2ccc(S(=O)(=O)N3CCCCCC3)cc2)cs1. The highest BCUT2D eigenvalue weighted by Crippen LogP contribution is 2.26. The Morgan fingerprint density at radius 2 is 1.81 bits per heavy atom. The van der Waals surface area contributed by atoms with Gasteiger partial charge in [-0.05, 0) is 45.9 Å². The predicted octanol–water partition coefficient (Wildman–Crippen LogP) is 3.33. The molecule has 2 heterocycles. The molecule has 3 rings (SSSR count). The number of rotatable bonds is 8. The van der Waals surface area contributed by atoms with Crippen molar-refractivity contribution in [2.75, 3.05) is 26.7 Å². The van der Waals surface area contributed by atoms with Crippen molar-refractivity contribution in [2.24, 2.45) is 0 Å². The maximum absolute atomic E-state index is 12.9. The number of nitrogens with zero attached hydrogens (tertiary/aromatic N) is 3. The molecule has 2 aromatic rings. The van der Waals surface area contributed by atoms with Gasteiger partial charge in [-0.1, -0.05) is 25.0 Å². The third-order valence-electron chi connectivity index (χ3n) is 5.17. The van der Waals surface area contributed by atoms with Gasteiger partial charge in [0, 0.05) is 30.1 Å². The number of carbonyl (C=O) groups is 1. The summed E-state index contributed by atoms with van der Waals surface area (Å²) in [7, 11) is -1.55.